The molecule has 1 atom stereocenters. The molecular weight excluding hydrogens is 506 g/mol. The third kappa shape index (κ3) is 6.56. The average molecular weight is 542 g/mol. The van der Waals surface area contributed by atoms with E-state index in [4.69, 9.17) is 0 Å². The maximum atomic E-state index is 12.8. The minimum atomic E-state index is -0.311. The summed E-state index contributed by atoms with van der Waals surface area (Å²) in [5.74, 6) is -0.363. The van der Waals surface area contributed by atoms with Crippen molar-refractivity contribution in [1.82, 2.24) is 15.1 Å². The van der Waals surface area contributed by atoms with Crippen molar-refractivity contribution in [3.05, 3.63) is 108 Å². The van der Waals surface area contributed by atoms with Crippen LogP contribution >= 0.6 is 11.8 Å². The maximum absolute atomic E-state index is 12.8. The molecule has 0 bridgehead atoms. The van der Waals surface area contributed by atoms with E-state index in [1.165, 1.54) is 17.2 Å². The maximum Gasteiger partial charge on any atom is 0.255 e. The summed E-state index contributed by atoms with van der Waals surface area (Å²) in [5.41, 5.74) is 2.86. The summed E-state index contributed by atoms with van der Waals surface area (Å²) in [6, 6.07) is 29.6. The third-order valence-electron chi connectivity index (χ3n) is 7.39. The van der Waals surface area contributed by atoms with Crippen LogP contribution in [0.25, 0.3) is 10.8 Å². The fraction of sp³-hybridized carbons (Fsp3) is 0.281. The van der Waals surface area contributed by atoms with Crippen LogP contribution < -0.4 is 5.32 Å². The van der Waals surface area contributed by atoms with Gasteiger partial charge in [-0.05, 0) is 41.6 Å². The first-order chi connectivity index (χ1) is 19.0. The van der Waals surface area contributed by atoms with Gasteiger partial charge in [0, 0.05) is 44.7 Å². The monoisotopic (exact) mass is 541 g/mol. The third-order valence-corrected chi connectivity index (χ3v) is 8.90. The van der Waals surface area contributed by atoms with Gasteiger partial charge in [-0.25, -0.2) is 0 Å². The number of phenolic OH excluding ortho intramolecular Hbond substituents is 2. The van der Waals surface area contributed by atoms with Gasteiger partial charge in [0.05, 0.1) is 16.2 Å². The summed E-state index contributed by atoms with van der Waals surface area (Å²) in [6.45, 7) is 7.42. The van der Waals surface area contributed by atoms with Gasteiger partial charge in [-0.2, -0.15) is 0 Å². The molecule has 1 aliphatic heterocycles. The lowest BCUT2D eigenvalue weighted by molar-refractivity contribution is 0.0932. The van der Waals surface area contributed by atoms with Crippen LogP contribution in [0.1, 0.15) is 33.7 Å². The average Bonchev–Trinajstić information content (AvgIpc) is 2.97. The number of hydrogen-bond donors (Lipinski definition) is 3. The Labute approximate surface area is 234 Å². The molecule has 4 aromatic carbocycles. The van der Waals surface area contributed by atoms with Crippen molar-refractivity contribution < 1.29 is 15.0 Å². The van der Waals surface area contributed by atoms with Crippen molar-refractivity contribution in [2.24, 2.45) is 0 Å². The van der Waals surface area contributed by atoms with Crippen LogP contribution in [0.5, 0.6) is 11.5 Å². The lowest BCUT2D eigenvalue weighted by Gasteiger charge is -2.39. The van der Waals surface area contributed by atoms with Gasteiger partial charge in [-0.3, -0.25) is 14.6 Å². The van der Waals surface area contributed by atoms with Gasteiger partial charge in [0.15, 0.2) is 0 Å². The molecule has 39 heavy (non-hydrogen) atoms. The summed E-state index contributed by atoms with van der Waals surface area (Å²) < 4.78 is 0. The second kappa shape index (κ2) is 12.6. The molecule has 1 heterocycles. The molecule has 1 saturated heterocycles. The number of carbonyl (C=O) groups is 1. The number of carbonyl (C=O) groups excluding carboxylic acids is 1. The first-order valence-corrected chi connectivity index (χ1v) is 14.4. The van der Waals surface area contributed by atoms with Gasteiger partial charge < -0.3 is 15.5 Å². The van der Waals surface area contributed by atoms with E-state index < -0.39 is 0 Å². The van der Waals surface area contributed by atoms with Gasteiger partial charge >= 0.3 is 0 Å². The summed E-state index contributed by atoms with van der Waals surface area (Å²) in [4.78, 5) is 17.7. The number of rotatable bonds is 9. The second-order valence-corrected chi connectivity index (χ2v) is 11.4. The van der Waals surface area contributed by atoms with E-state index in [1.807, 2.05) is 17.8 Å². The van der Waals surface area contributed by atoms with Gasteiger partial charge in [-0.15, -0.1) is 11.8 Å². The molecule has 5 rings (SSSR count). The topological polar surface area (TPSA) is 76.0 Å². The molecular formula is C32H35N3O3S. The normalized spacial score (nSPS) is 15.4. The van der Waals surface area contributed by atoms with Crippen molar-refractivity contribution in [3.8, 4) is 11.5 Å². The number of thioether (sulfide) groups is 1. The highest BCUT2D eigenvalue weighted by atomic mass is 32.2. The standard InChI is InChI=1S/C32H35N3O3S/c1-23(39-31(24-9-4-2-5-10-24)25-11-6-3-7-12-25)35-19-17-34(18-20-35)16-15-33-32(38)28-21-26-13-8-14-29(36)27(26)22-30(28)37/h2-14,21-23,31,36-37H,15-20H2,1H3,(H,33,38). The summed E-state index contributed by atoms with van der Waals surface area (Å²) >= 11 is 1.99. The largest absolute Gasteiger partial charge is 0.507 e. The fourth-order valence-electron chi connectivity index (χ4n) is 5.14. The molecule has 4 aromatic rings. The molecule has 1 unspecified atom stereocenters. The molecule has 3 N–H and O–H groups in total. The van der Waals surface area contributed by atoms with Crippen molar-refractivity contribution in [2.75, 3.05) is 39.3 Å². The Morgan fingerprint density at radius 2 is 1.49 bits per heavy atom. The number of nitrogens with one attached hydrogen (secondary N) is 1. The van der Waals surface area contributed by atoms with Gasteiger partial charge in [0.25, 0.3) is 5.91 Å². The van der Waals surface area contributed by atoms with Crippen LogP contribution in [-0.4, -0.2) is 70.6 Å². The van der Waals surface area contributed by atoms with E-state index in [1.54, 1.807) is 18.2 Å². The number of nitrogens with zero attached hydrogens (tertiary/aromatic N) is 2. The number of benzene rings is 4. The molecule has 1 fully saturated rings. The number of phenols is 2. The Hall–Kier alpha value is -3.52. The van der Waals surface area contributed by atoms with Gasteiger partial charge in [-0.1, -0.05) is 72.8 Å². The predicted octanol–water partition coefficient (Wildman–Crippen LogP) is 5.47. The number of aromatic hydroxyl groups is 2. The van der Waals surface area contributed by atoms with Crippen LogP contribution in [0.15, 0.2) is 91.0 Å². The molecule has 0 radical (unpaired) electrons. The Morgan fingerprint density at radius 3 is 2.13 bits per heavy atom. The van der Waals surface area contributed by atoms with Crippen molar-refractivity contribution >= 4 is 28.4 Å². The van der Waals surface area contributed by atoms with Crippen LogP contribution in [0.2, 0.25) is 0 Å². The molecule has 202 valence electrons. The summed E-state index contributed by atoms with van der Waals surface area (Å²) in [5, 5.41) is 25.2. The minimum Gasteiger partial charge on any atom is -0.507 e. The first kappa shape index (κ1) is 27.1. The molecule has 1 amide bonds. The fourth-order valence-corrected chi connectivity index (χ4v) is 6.55. The van der Waals surface area contributed by atoms with Crippen molar-refractivity contribution in [2.45, 2.75) is 17.5 Å². The molecule has 0 aromatic heterocycles. The molecule has 6 nitrogen and oxygen atoms in total. The first-order valence-electron chi connectivity index (χ1n) is 13.4. The quantitative estimate of drug-likeness (QED) is 0.261. The second-order valence-electron chi connectivity index (χ2n) is 9.94. The zero-order chi connectivity index (χ0) is 27.2. The van der Waals surface area contributed by atoms with E-state index in [0.717, 1.165) is 32.7 Å². The molecule has 0 aliphatic carbocycles. The highest BCUT2D eigenvalue weighted by Gasteiger charge is 2.25. The molecule has 0 saturated carbocycles. The Kier molecular flexibility index (Phi) is 8.71. The highest BCUT2D eigenvalue weighted by Crippen LogP contribution is 2.39. The predicted molar refractivity (Wildman–Crippen MR) is 159 cm³/mol. The summed E-state index contributed by atoms with van der Waals surface area (Å²) in [7, 11) is 0. The van der Waals surface area contributed by atoms with E-state index in [0.29, 0.717) is 22.7 Å². The summed E-state index contributed by atoms with van der Waals surface area (Å²) in [6.07, 6.45) is 0. The van der Waals surface area contributed by atoms with Gasteiger partial charge in [0.1, 0.15) is 11.5 Å². The molecule has 0 spiro atoms. The lowest BCUT2D eigenvalue weighted by Crippen LogP contribution is -2.50. The zero-order valence-corrected chi connectivity index (χ0v) is 23.0. The lowest BCUT2D eigenvalue weighted by atomic mass is 10.0. The Balaban J connectivity index is 1.12. The number of hydrogen-bond acceptors (Lipinski definition) is 6. The van der Waals surface area contributed by atoms with Crippen molar-refractivity contribution in [1.29, 1.82) is 0 Å². The number of piperazine rings is 1. The Bertz CT molecular complexity index is 1350. The smallest absolute Gasteiger partial charge is 0.255 e. The van der Waals surface area contributed by atoms with Crippen LogP contribution in [-0.2, 0) is 0 Å². The number of fused-ring (bicyclic) bond motifs is 1. The number of amides is 1. The van der Waals surface area contributed by atoms with E-state index in [2.05, 4.69) is 82.7 Å². The van der Waals surface area contributed by atoms with Crippen LogP contribution in [0.4, 0.5) is 0 Å². The van der Waals surface area contributed by atoms with Gasteiger partial charge in [0.2, 0.25) is 0 Å². The van der Waals surface area contributed by atoms with Crippen LogP contribution in [0.3, 0.4) is 0 Å². The highest BCUT2D eigenvalue weighted by molar-refractivity contribution is 8.00. The minimum absolute atomic E-state index is 0.0808. The SMILES string of the molecule is CC(SC(c1ccccc1)c1ccccc1)N1CCN(CCNC(=O)c2cc3cccc(O)c3cc2O)CC1. The van der Waals surface area contributed by atoms with E-state index in [9.17, 15) is 15.0 Å². The zero-order valence-electron chi connectivity index (χ0n) is 22.2. The Morgan fingerprint density at radius 1 is 0.846 bits per heavy atom. The molecule has 1 aliphatic rings. The van der Waals surface area contributed by atoms with E-state index in [-0.39, 0.29) is 28.2 Å². The molecule has 7 heteroatoms. The van der Waals surface area contributed by atoms with Crippen molar-refractivity contribution in [3.63, 3.8) is 0 Å². The van der Waals surface area contributed by atoms with Crippen LogP contribution in [0, 0.1) is 0 Å². The van der Waals surface area contributed by atoms with E-state index >= 15 is 0 Å².